The van der Waals surface area contributed by atoms with Crippen molar-refractivity contribution < 1.29 is 13.9 Å². The summed E-state index contributed by atoms with van der Waals surface area (Å²) in [5.41, 5.74) is 1.30. The smallest absolute Gasteiger partial charge is 0.292 e. The molecule has 24 heavy (non-hydrogen) atoms. The van der Waals surface area contributed by atoms with Crippen LogP contribution in [0.1, 0.15) is 35.2 Å². The summed E-state index contributed by atoms with van der Waals surface area (Å²) in [6.45, 7) is 3.19. The van der Waals surface area contributed by atoms with Gasteiger partial charge in [0.1, 0.15) is 18.1 Å². The van der Waals surface area contributed by atoms with Crippen molar-refractivity contribution in [1.82, 2.24) is 5.32 Å². The molecule has 6 heteroatoms. The predicted molar refractivity (Wildman–Crippen MR) is 95.7 cm³/mol. The second-order valence-electron chi connectivity index (χ2n) is 5.44. The summed E-state index contributed by atoms with van der Waals surface area (Å²) in [5, 5.41) is 3.39. The average molecular weight is 344 g/mol. The number of carbonyl (C=O) groups is 1. The number of hydrogen-bond donors (Lipinski definition) is 1. The molecule has 2 aromatic rings. The van der Waals surface area contributed by atoms with Crippen LogP contribution in [0.3, 0.4) is 0 Å². The number of amidine groups is 1. The highest BCUT2D eigenvalue weighted by molar-refractivity contribution is 8.14. The van der Waals surface area contributed by atoms with Crippen LogP contribution in [0.15, 0.2) is 45.8 Å². The highest BCUT2D eigenvalue weighted by atomic mass is 32.2. The maximum absolute atomic E-state index is 12.0. The minimum Gasteiger partial charge on any atom is -0.486 e. The molecule has 0 atom stereocenters. The summed E-state index contributed by atoms with van der Waals surface area (Å²) in [7, 11) is 0. The van der Waals surface area contributed by atoms with Crippen molar-refractivity contribution in [3.63, 3.8) is 0 Å². The molecule has 0 spiro atoms. The lowest BCUT2D eigenvalue weighted by molar-refractivity contribution is 0.0947. The number of rotatable bonds is 6. The summed E-state index contributed by atoms with van der Waals surface area (Å²) in [4.78, 5) is 16.2. The standard InChI is InChI=1S/C18H20N2O3S/c1-2-3-13-4-6-14(7-5-13)22-12-15-8-9-16(23-15)17(21)20-18-19-10-11-24-18/h4-9H,2-3,10-12H2,1H3,(H,19,20,21). The molecule has 0 saturated carbocycles. The fourth-order valence-electron chi connectivity index (χ4n) is 2.34. The number of hydrogen-bond acceptors (Lipinski definition) is 5. The number of nitrogens with one attached hydrogen (secondary N) is 1. The summed E-state index contributed by atoms with van der Waals surface area (Å²) in [6.07, 6.45) is 2.20. The lowest BCUT2D eigenvalue weighted by Crippen LogP contribution is -2.26. The second-order valence-corrected chi connectivity index (χ2v) is 6.52. The van der Waals surface area contributed by atoms with E-state index in [0.29, 0.717) is 10.9 Å². The molecular weight excluding hydrogens is 324 g/mol. The summed E-state index contributed by atoms with van der Waals surface area (Å²) in [5.74, 6) is 2.29. The lowest BCUT2D eigenvalue weighted by Gasteiger charge is -2.05. The fourth-order valence-corrected chi connectivity index (χ4v) is 3.07. The zero-order chi connectivity index (χ0) is 16.8. The molecule has 0 fully saturated rings. The molecule has 1 amide bonds. The van der Waals surface area contributed by atoms with Crippen molar-refractivity contribution in [2.24, 2.45) is 4.99 Å². The van der Waals surface area contributed by atoms with E-state index < -0.39 is 0 Å². The number of nitrogens with zero attached hydrogens (tertiary/aromatic N) is 1. The molecule has 0 bridgehead atoms. The van der Waals surface area contributed by atoms with Gasteiger partial charge in [-0.2, -0.15) is 0 Å². The number of amides is 1. The van der Waals surface area contributed by atoms with Crippen molar-refractivity contribution in [3.8, 4) is 5.75 Å². The Morgan fingerprint density at radius 1 is 1.29 bits per heavy atom. The normalized spacial score (nSPS) is 13.6. The first kappa shape index (κ1) is 16.6. The number of carbonyl (C=O) groups excluding carboxylic acids is 1. The fraction of sp³-hybridized carbons (Fsp3) is 0.333. The molecule has 1 aliphatic heterocycles. The van der Waals surface area contributed by atoms with Gasteiger partial charge in [-0.3, -0.25) is 15.1 Å². The molecule has 3 rings (SSSR count). The maximum Gasteiger partial charge on any atom is 0.292 e. The van der Waals surface area contributed by atoms with E-state index in [9.17, 15) is 4.79 Å². The zero-order valence-corrected chi connectivity index (χ0v) is 14.4. The van der Waals surface area contributed by atoms with Gasteiger partial charge in [-0.1, -0.05) is 37.2 Å². The Morgan fingerprint density at radius 2 is 2.12 bits per heavy atom. The van der Waals surface area contributed by atoms with Crippen LogP contribution in [-0.4, -0.2) is 23.4 Å². The van der Waals surface area contributed by atoms with E-state index in [-0.39, 0.29) is 18.3 Å². The van der Waals surface area contributed by atoms with Gasteiger partial charge in [0.15, 0.2) is 10.9 Å². The molecule has 0 aliphatic carbocycles. The van der Waals surface area contributed by atoms with Crippen LogP contribution in [0.4, 0.5) is 0 Å². The molecule has 2 heterocycles. The first-order valence-electron chi connectivity index (χ1n) is 8.03. The Bertz CT molecular complexity index is 722. The summed E-state index contributed by atoms with van der Waals surface area (Å²) < 4.78 is 11.2. The largest absolute Gasteiger partial charge is 0.486 e. The second kappa shape index (κ2) is 8.06. The highest BCUT2D eigenvalue weighted by Crippen LogP contribution is 2.17. The molecule has 1 aromatic carbocycles. The summed E-state index contributed by atoms with van der Waals surface area (Å²) in [6, 6.07) is 11.5. The van der Waals surface area contributed by atoms with E-state index in [1.807, 2.05) is 12.1 Å². The third-order valence-electron chi connectivity index (χ3n) is 3.53. The zero-order valence-electron chi connectivity index (χ0n) is 13.6. The molecule has 1 N–H and O–H groups in total. The van der Waals surface area contributed by atoms with Gasteiger partial charge in [0, 0.05) is 5.75 Å². The van der Waals surface area contributed by atoms with Crippen molar-refractivity contribution in [3.05, 3.63) is 53.5 Å². The SMILES string of the molecule is CCCc1ccc(OCc2ccc(C(=O)NC3=NCCS3)o2)cc1. The Hall–Kier alpha value is -2.21. The van der Waals surface area contributed by atoms with Gasteiger partial charge in [-0.15, -0.1) is 0 Å². The number of thioether (sulfide) groups is 1. The van der Waals surface area contributed by atoms with Crippen LogP contribution in [0.25, 0.3) is 0 Å². The Kier molecular flexibility index (Phi) is 5.59. The number of furan rings is 1. The molecule has 1 aromatic heterocycles. The Balaban J connectivity index is 1.52. The van der Waals surface area contributed by atoms with Crippen LogP contribution in [0, 0.1) is 0 Å². The average Bonchev–Trinajstić information content (AvgIpc) is 3.26. The highest BCUT2D eigenvalue weighted by Gasteiger charge is 2.16. The van der Waals surface area contributed by atoms with Gasteiger partial charge in [-0.25, -0.2) is 0 Å². The van der Waals surface area contributed by atoms with Crippen molar-refractivity contribution >= 4 is 22.8 Å². The molecule has 126 valence electrons. The Labute approximate surface area is 145 Å². The van der Waals surface area contributed by atoms with E-state index >= 15 is 0 Å². The van der Waals surface area contributed by atoms with Crippen LogP contribution >= 0.6 is 11.8 Å². The van der Waals surface area contributed by atoms with Gasteiger partial charge >= 0.3 is 0 Å². The van der Waals surface area contributed by atoms with Gasteiger partial charge in [-0.05, 0) is 36.2 Å². The van der Waals surface area contributed by atoms with Gasteiger partial charge in [0.05, 0.1) is 6.54 Å². The maximum atomic E-state index is 12.0. The molecular formula is C18H20N2O3S. The minimum atomic E-state index is -0.279. The van der Waals surface area contributed by atoms with Gasteiger partial charge in [0.2, 0.25) is 0 Å². The van der Waals surface area contributed by atoms with Crippen molar-refractivity contribution in [2.75, 3.05) is 12.3 Å². The van der Waals surface area contributed by atoms with Crippen LogP contribution in [0.5, 0.6) is 5.75 Å². The molecule has 0 radical (unpaired) electrons. The van der Waals surface area contributed by atoms with Gasteiger partial charge < -0.3 is 9.15 Å². The van der Waals surface area contributed by atoms with E-state index in [1.165, 1.54) is 17.3 Å². The quantitative estimate of drug-likeness (QED) is 0.869. The van der Waals surface area contributed by atoms with Crippen molar-refractivity contribution in [2.45, 2.75) is 26.4 Å². The Morgan fingerprint density at radius 3 is 2.83 bits per heavy atom. The number of aryl methyl sites for hydroxylation is 1. The third-order valence-corrected chi connectivity index (χ3v) is 4.43. The first-order valence-corrected chi connectivity index (χ1v) is 9.02. The van der Waals surface area contributed by atoms with Crippen LogP contribution < -0.4 is 10.1 Å². The number of benzene rings is 1. The van der Waals surface area contributed by atoms with E-state index in [0.717, 1.165) is 30.9 Å². The number of aliphatic imine (C=N–C) groups is 1. The molecule has 1 aliphatic rings. The van der Waals surface area contributed by atoms with Crippen LogP contribution in [0.2, 0.25) is 0 Å². The third kappa shape index (κ3) is 4.41. The van der Waals surface area contributed by atoms with E-state index in [4.69, 9.17) is 9.15 Å². The van der Waals surface area contributed by atoms with Crippen LogP contribution in [-0.2, 0) is 13.0 Å². The van der Waals surface area contributed by atoms with E-state index in [2.05, 4.69) is 29.4 Å². The molecule has 0 saturated heterocycles. The molecule has 0 unspecified atom stereocenters. The summed E-state index contributed by atoms with van der Waals surface area (Å²) >= 11 is 1.54. The lowest BCUT2D eigenvalue weighted by atomic mass is 10.1. The number of ether oxygens (including phenoxy) is 1. The van der Waals surface area contributed by atoms with Gasteiger partial charge in [0.25, 0.3) is 5.91 Å². The topological polar surface area (TPSA) is 63.8 Å². The molecule has 5 nitrogen and oxygen atoms in total. The minimum absolute atomic E-state index is 0.266. The first-order chi connectivity index (χ1) is 11.7. The van der Waals surface area contributed by atoms with Crippen molar-refractivity contribution in [1.29, 1.82) is 0 Å². The van der Waals surface area contributed by atoms with E-state index in [1.54, 1.807) is 12.1 Å². The monoisotopic (exact) mass is 344 g/mol. The predicted octanol–water partition coefficient (Wildman–Crippen LogP) is 3.64.